The Morgan fingerprint density at radius 2 is 1.91 bits per heavy atom. The van der Waals surface area contributed by atoms with Gasteiger partial charge in [-0.05, 0) is 58.2 Å². The van der Waals surface area contributed by atoms with Crippen molar-refractivity contribution in [3.8, 4) is 0 Å². The Kier molecular flexibility index (Phi) is 14.5. The molecule has 0 radical (unpaired) electrons. The number of methoxy groups -OCH3 is 1. The minimum Gasteiger partial charge on any atom is -0.457 e. The van der Waals surface area contributed by atoms with Crippen molar-refractivity contribution < 1.29 is 43.9 Å². The first kappa shape index (κ1) is 39.2. The van der Waals surface area contributed by atoms with Crippen molar-refractivity contribution in [2.75, 3.05) is 39.8 Å². The number of hydrogen-bond donors (Lipinski definition) is 3. The Morgan fingerprint density at radius 3 is 2.53 bits per heavy atom. The van der Waals surface area contributed by atoms with Crippen LogP contribution in [0.4, 0.5) is 4.79 Å². The summed E-state index contributed by atoms with van der Waals surface area (Å²) < 4.78 is 23.6. The van der Waals surface area contributed by atoms with E-state index in [4.69, 9.17) is 18.9 Å². The molecule has 0 bridgehead atoms. The van der Waals surface area contributed by atoms with Crippen molar-refractivity contribution in [3.63, 3.8) is 0 Å². The molecule has 0 aromatic heterocycles. The van der Waals surface area contributed by atoms with E-state index >= 15 is 0 Å². The number of aliphatic hydroxyl groups is 3. The highest BCUT2D eigenvalue weighted by molar-refractivity contribution is 5.70. The molecule has 11 nitrogen and oxygen atoms in total. The molecule has 268 valence electrons. The number of cyclic esters (lactones) is 1. The van der Waals surface area contributed by atoms with Gasteiger partial charge in [-0.3, -0.25) is 4.79 Å². The largest absolute Gasteiger partial charge is 0.457 e. The minimum atomic E-state index is -1.14. The van der Waals surface area contributed by atoms with Gasteiger partial charge in [0.15, 0.2) is 6.10 Å². The zero-order valence-corrected chi connectivity index (χ0v) is 29.8. The quantitative estimate of drug-likeness (QED) is 0.128. The summed E-state index contributed by atoms with van der Waals surface area (Å²) in [5, 5.41) is 31.9. The molecule has 0 aromatic rings. The standard InChI is InChI=1S/C36H60N2O9/c1-9-28(40)26(5)33-29(45-33)23-35(6,43)16-11-12-24(3)32-25(4)13-14-30(46-34(42)38-20-18-37(10-2)19-21-38)36(7,44-8)17-15-27(39)22-31(41)47-32/h11-14,16,25-30,32-33,39-40,43H,9-10,15,17-23H2,1-8H3. The van der Waals surface area contributed by atoms with Gasteiger partial charge in [0, 0.05) is 51.5 Å². The second kappa shape index (κ2) is 17.4. The van der Waals surface area contributed by atoms with E-state index in [0.717, 1.165) is 25.2 Å². The Bertz CT molecular complexity index is 1120. The molecule has 2 fully saturated rings. The third kappa shape index (κ3) is 11.4. The number of nitrogens with zero attached hydrogens (tertiary/aromatic N) is 2. The number of aliphatic hydroxyl groups excluding tert-OH is 2. The second-order valence-electron chi connectivity index (χ2n) is 14.1. The van der Waals surface area contributed by atoms with Crippen molar-refractivity contribution in [2.24, 2.45) is 11.8 Å². The summed E-state index contributed by atoms with van der Waals surface area (Å²) in [5.41, 5.74) is -1.34. The number of rotatable bonds is 11. The zero-order chi connectivity index (χ0) is 34.9. The minimum absolute atomic E-state index is 0.00263. The van der Waals surface area contributed by atoms with E-state index in [1.54, 1.807) is 43.2 Å². The van der Waals surface area contributed by atoms with Gasteiger partial charge in [0.25, 0.3) is 0 Å². The summed E-state index contributed by atoms with van der Waals surface area (Å²) in [6, 6.07) is 0. The smallest absolute Gasteiger partial charge is 0.410 e. The van der Waals surface area contributed by atoms with Gasteiger partial charge in [0.1, 0.15) is 11.7 Å². The summed E-state index contributed by atoms with van der Waals surface area (Å²) in [6.07, 6.45) is 7.00. The monoisotopic (exact) mass is 664 g/mol. The van der Waals surface area contributed by atoms with Crippen LogP contribution in [-0.2, 0) is 23.7 Å². The molecule has 11 heteroatoms. The molecular formula is C36H60N2O9. The molecule has 10 unspecified atom stereocenters. The molecule has 0 saturated carbocycles. The molecule has 3 aliphatic rings. The van der Waals surface area contributed by atoms with Crippen molar-refractivity contribution >= 4 is 12.1 Å². The Balaban J connectivity index is 1.77. The third-order valence-electron chi connectivity index (χ3n) is 10.1. The van der Waals surface area contributed by atoms with E-state index in [1.165, 1.54) is 0 Å². The predicted octanol–water partition coefficient (Wildman–Crippen LogP) is 4.00. The van der Waals surface area contributed by atoms with Gasteiger partial charge in [-0.15, -0.1) is 0 Å². The van der Waals surface area contributed by atoms with Gasteiger partial charge in [0.2, 0.25) is 0 Å². The fourth-order valence-corrected chi connectivity index (χ4v) is 6.44. The zero-order valence-electron chi connectivity index (χ0n) is 29.8. The number of allylic oxidation sites excluding steroid dienone is 2. The fraction of sp³-hybridized carbons (Fsp3) is 0.778. The maximum Gasteiger partial charge on any atom is 0.410 e. The van der Waals surface area contributed by atoms with Crippen LogP contribution in [0.1, 0.15) is 80.6 Å². The third-order valence-corrected chi connectivity index (χ3v) is 10.1. The lowest BCUT2D eigenvalue weighted by Crippen LogP contribution is -2.51. The summed E-state index contributed by atoms with van der Waals surface area (Å²) in [5.74, 6) is -0.832. The lowest BCUT2D eigenvalue weighted by Gasteiger charge is -2.38. The molecule has 3 heterocycles. The summed E-state index contributed by atoms with van der Waals surface area (Å²) >= 11 is 0. The topological polar surface area (TPSA) is 142 Å². The van der Waals surface area contributed by atoms with Crippen molar-refractivity contribution in [3.05, 3.63) is 36.0 Å². The van der Waals surface area contributed by atoms with Gasteiger partial charge in [0.05, 0.1) is 36.4 Å². The first-order valence-electron chi connectivity index (χ1n) is 17.3. The van der Waals surface area contributed by atoms with E-state index in [0.29, 0.717) is 32.4 Å². The number of piperazine rings is 1. The number of carbonyl (C=O) groups is 2. The summed E-state index contributed by atoms with van der Waals surface area (Å²) in [4.78, 5) is 30.2. The van der Waals surface area contributed by atoms with Crippen LogP contribution in [0, 0.1) is 11.8 Å². The number of carbonyl (C=O) groups excluding carboxylic acids is 2. The normalized spacial score (nSPS) is 34.1. The maximum absolute atomic E-state index is 13.3. The van der Waals surface area contributed by atoms with E-state index in [2.05, 4.69) is 11.8 Å². The molecule has 10 atom stereocenters. The number of ether oxygens (including phenoxy) is 4. The predicted molar refractivity (Wildman–Crippen MR) is 180 cm³/mol. The molecule has 0 aliphatic carbocycles. The van der Waals surface area contributed by atoms with Gasteiger partial charge in [-0.1, -0.05) is 52.0 Å². The molecule has 1 amide bonds. The highest BCUT2D eigenvalue weighted by Gasteiger charge is 2.47. The van der Waals surface area contributed by atoms with Crippen LogP contribution in [0.15, 0.2) is 36.0 Å². The van der Waals surface area contributed by atoms with Gasteiger partial charge < -0.3 is 44.1 Å². The first-order chi connectivity index (χ1) is 22.1. The lowest BCUT2D eigenvalue weighted by atomic mass is 9.88. The molecule has 2 saturated heterocycles. The van der Waals surface area contributed by atoms with Crippen LogP contribution in [0.5, 0.6) is 0 Å². The maximum atomic E-state index is 13.3. The van der Waals surface area contributed by atoms with Crippen molar-refractivity contribution in [1.82, 2.24) is 9.80 Å². The van der Waals surface area contributed by atoms with Crippen LogP contribution in [-0.4, -0.2) is 125 Å². The number of likely N-dealkylation sites (N-methyl/N-ethyl adjacent to an activating group) is 1. The van der Waals surface area contributed by atoms with Crippen LogP contribution < -0.4 is 0 Å². The van der Waals surface area contributed by atoms with Gasteiger partial charge in [-0.2, -0.15) is 0 Å². The second-order valence-corrected chi connectivity index (χ2v) is 14.1. The number of hydrogen-bond acceptors (Lipinski definition) is 10. The lowest BCUT2D eigenvalue weighted by molar-refractivity contribution is -0.151. The van der Waals surface area contributed by atoms with E-state index < -0.39 is 47.7 Å². The Labute approximate surface area is 281 Å². The molecule has 3 N–H and O–H groups in total. The number of esters is 1. The molecule has 47 heavy (non-hydrogen) atoms. The van der Waals surface area contributed by atoms with Gasteiger partial charge >= 0.3 is 12.1 Å². The molecule has 3 rings (SSSR count). The van der Waals surface area contributed by atoms with Crippen LogP contribution in [0.25, 0.3) is 0 Å². The molecular weight excluding hydrogens is 604 g/mol. The van der Waals surface area contributed by atoms with Crippen molar-refractivity contribution in [2.45, 2.75) is 128 Å². The van der Waals surface area contributed by atoms with Crippen LogP contribution >= 0.6 is 0 Å². The van der Waals surface area contributed by atoms with Crippen molar-refractivity contribution in [1.29, 1.82) is 0 Å². The van der Waals surface area contributed by atoms with E-state index in [-0.39, 0.29) is 36.9 Å². The Hall–Kier alpha value is -2.28. The van der Waals surface area contributed by atoms with Gasteiger partial charge in [-0.25, -0.2) is 4.79 Å². The SMILES string of the molecule is CCC(O)C(C)C1OC1CC(C)(O)C=CC=C(C)C1OC(=O)CC(O)CCC(C)(OC)C(OC(=O)N2CCN(CC)CC2)C=CC1C. The highest BCUT2D eigenvalue weighted by Crippen LogP contribution is 2.37. The van der Waals surface area contributed by atoms with Crippen LogP contribution in [0.2, 0.25) is 0 Å². The molecule has 3 aliphatic heterocycles. The Morgan fingerprint density at radius 1 is 1.23 bits per heavy atom. The number of epoxide rings is 1. The summed E-state index contributed by atoms with van der Waals surface area (Å²) in [7, 11) is 1.56. The molecule has 0 aromatic carbocycles. The molecule has 0 spiro atoms. The summed E-state index contributed by atoms with van der Waals surface area (Å²) in [6.45, 7) is 17.0. The average molecular weight is 665 g/mol. The van der Waals surface area contributed by atoms with E-state index in [9.17, 15) is 24.9 Å². The first-order valence-corrected chi connectivity index (χ1v) is 17.3. The fourth-order valence-electron chi connectivity index (χ4n) is 6.44. The number of amides is 1. The highest BCUT2D eigenvalue weighted by atomic mass is 16.6. The average Bonchev–Trinajstić information content (AvgIpc) is 3.80. The van der Waals surface area contributed by atoms with Crippen LogP contribution in [0.3, 0.4) is 0 Å². The van der Waals surface area contributed by atoms with E-state index in [1.807, 2.05) is 40.7 Å².